The number of nitrogens with zero attached hydrogens (tertiary/aromatic N) is 1. The molecule has 9 nitrogen and oxygen atoms in total. The number of para-hydroxylation sites is 1. The van der Waals surface area contributed by atoms with Gasteiger partial charge in [0.05, 0.1) is 25.0 Å². The van der Waals surface area contributed by atoms with E-state index >= 15 is 0 Å². The molecule has 0 aromatic heterocycles. The molecule has 27 heavy (non-hydrogen) atoms. The predicted molar refractivity (Wildman–Crippen MR) is 96.2 cm³/mol. The number of rotatable bonds is 4. The minimum atomic E-state index is -0.876. The number of methoxy groups -OCH3 is 1. The topological polar surface area (TPSA) is 114 Å². The van der Waals surface area contributed by atoms with Crippen molar-refractivity contribution in [3.05, 3.63) is 29.8 Å². The molecule has 2 rings (SSSR count). The van der Waals surface area contributed by atoms with Crippen LogP contribution in [0.5, 0.6) is 0 Å². The Hall–Kier alpha value is -3.10. The highest BCUT2D eigenvalue weighted by atomic mass is 16.6. The summed E-state index contributed by atoms with van der Waals surface area (Å²) >= 11 is 0. The number of hydrogen-bond acceptors (Lipinski definition) is 6. The van der Waals surface area contributed by atoms with Crippen molar-refractivity contribution in [3.8, 4) is 0 Å². The molecule has 1 aromatic rings. The lowest BCUT2D eigenvalue weighted by molar-refractivity contribution is -0.136. The summed E-state index contributed by atoms with van der Waals surface area (Å²) in [5, 5.41) is 5.07. The summed E-state index contributed by atoms with van der Waals surface area (Å²) in [6, 6.07) is 6.04. The van der Waals surface area contributed by atoms with Crippen LogP contribution in [0.3, 0.4) is 0 Å². The fourth-order valence-corrected chi connectivity index (χ4v) is 2.73. The van der Waals surface area contributed by atoms with Gasteiger partial charge in [-0.15, -0.1) is 0 Å². The molecule has 9 heteroatoms. The van der Waals surface area contributed by atoms with Gasteiger partial charge in [0, 0.05) is 19.1 Å². The number of esters is 1. The van der Waals surface area contributed by atoms with E-state index in [-0.39, 0.29) is 23.4 Å². The maximum Gasteiger partial charge on any atom is 0.409 e. The highest BCUT2D eigenvalue weighted by Crippen LogP contribution is 2.16. The summed E-state index contributed by atoms with van der Waals surface area (Å²) in [5.74, 6) is -2.29. The molecule has 1 fully saturated rings. The maximum absolute atomic E-state index is 12.1. The second-order valence-corrected chi connectivity index (χ2v) is 5.92. The zero-order valence-corrected chi connectivity index (χ0v) is 15.3. The van der Waals surface area contributed by atoms with Gasteiger partial charge in [-0.3, -0.25) is 9.59 Å². The Morgan fingerprint density at radius 1 is 1.11 bits per heavy atom. The molecule has 0 spiro atoms. The SMILES string of the molecule is CCOC(=O)N1CCC(NC(=O)C(=O)Nc2ccccc2C(=O)OC)CC1. The normalized spacial score (nSPS) is 14.2. The Bertz CT molecular complexity index is 713. The second kappa shape index (κ2) is 9.56. The fraction of sp³-hybridized carbons (Fsp3) is 0.444. The highest BCUT2D eigenvalue weighted by Gasteiger charge is 2.26. The van der Waals surface area contributed by atoms with Gasteiger partial charge in [-0.05, 0) is 31.9 Å². The van der Waals surface area contributed by atoms with Gasteiger partial charge >= 0.3 is 23.9 Å². The number of benzene rings is 1. The predicted octanol–water partition coefficient (Wildman–Crippen LogP) is 1.15. The van der Waals surface area contributed by atoms with Gasteiger partial charge in [0.1, 0.15) is 0 Å². The Morgan fingerprint density at radius 3 is 2.41 bits per heavy atom. The minimum absolute atomic E-state index is 0.156. The quantitative estimate of drug-likeness (QED) is 0.601. The van der Waals surface area contributed by atoms with Gasteiger partial charge in [0.25, 0.3) is 0 Å². The van der Waals surface area contributed by atoms with Crippen LogP contribution in [0, 0.1) is 0 Å². The van der Waals surface area contributed by atoms with Crippen LogP contribution < -0.4 is 10.6 Å². The molecule has 3 amide bonds. The van der Waals surface area contributed by atoms with Crippen molar-refractivity contribution in [1.82, 2.24) is 10.2 Å². The zero-order valence-electron chi connectivity index (χ0n) is 15.3. The molecule has 0 bridgehead atoms. The van der Waals surface area contributed by atoms with E-state index < -0.39 is 17.8 Å². The molecule has 1 aliphatic rings. The van der Waals surface area contributed by atoms with E-state index in [0.717, 1.165) is 0 Å². The molecular weight excluding hydrogens is 354 g/mol. The first-order chi connectivity index (χ1) is 13.0. The Labute approximate surface area is 157 Å². The van der Waals surface area contributed by atoms with Crippen molar-refractivity contribution in [2.24, 2.45) is 0 Å². The standard InChI is InChI=1S/C18H23N3O6/c1-3-27-18(25)21-10-8-12(9-11-21)19-15(22)16(23)20-14-7-5-4-6-13(14)17(24)26-2/h4-7,12H,3,8-11H2,1-2H3,(H,19,22)(H,20,23). The van der Waals surface area contributed by atoms with Gasteiger partial charge in [0.2, 0.25) is 0 Å². The minimum Gasteiger partial charge on any atom is -0.465 e. The third kappa shape index (κ3) is 5.44. The number of likely N-dealkylation sites (tertiary alicyclic amines) is 1. The molecule has 0 atom stereocenters. The third-order valence-corrected chi connectivity index (χ3v) is 4.14. The summed E-state index contributed by atoms with van der Waals surface area (Å²) in [6.45, 7) is 2.93. The second-order valence-electron chi connectivity index (χ2n) is 5.92. The number of carbonyl (C=O) groups excluding carboxylic acids is 4. The van der Waals surface area contributed by atoms with Crippen LogP contribution in [0.4, 0.5) is 10.5 Å². The van der Waals surface area contributed by atoms with E-state index in [9.17, 15) is 19.2 Å². The van der Waals surface area contributed by atoms with Crippen molar-refractivity contribution in [2.75, 3.05) is 32.1 Å². The number of nitrogens with one attached hydrogen (secondary N) is 2. The zero-order chi connectivity index (χ0) is 19.8. The van der Waals surface area contributed by atoms with Gasteiger partial charge in [-0.1, -0.05) is 12.1 Å². The van der Waals surface area contributed by atoms with Crippen LogP contribution >= 0.6 is 0 Å². The first-order valence-electron chi connectivity index (χ1n) is 8.67. The van der Waals surface area contributed by atoms with Crippen molar-refractivity contribution in [2.45, 2.75) is 25.8 Å². The summed E-state index contributed by atoms with van der Waals surface area (Å²) in [7, 11) is 1.23. The third-order valence-electron chi connectivity index (χ3n) is 4.14. The molecule has 0 radical (unpaired) electrons. The summed E-state index contributed by atoms with van der Waals surface area (Å²) in [4.78, 5) is 49.2. The maximum atomic E-state index is 12.1. The van der Waals surface area contributed by atoms with Gasteiger partial charge < -0.3 is 25.0 Å². The van der Waals surface area contributed by atoms with Crippen molar-refractivity contribution in [1.29, 1.82) is 0 Å². The average Bonchev–Trinajstić information content (AvgIpc) is 2.68. The van der Waals surface area contributed by atoms with Gasteiger partial charge in [-0.2, -0.15) is 0 Å². The average molecular weight is 377 g/mol. The van der Waals surface area contributed by atoms with E-state index in [1.165, 1.54) is 19.2 Å². The van der Waals surface area contributed by atoms with E-state index in [1.54, 1.807) is 24.0 Å². The lowest BCUT2D eigenvalue weighted by atomic mass is 10.1. The van der Waals surface area contributed by atoms with Crippen LogP contribution in [0.15, 0.2) is 24.3 Å². The molecule has 0 aliphatic carbocycles. The van der Waals surface area contributed by atoms with Crippen molar-refractivity contribution in [3.63, 3.8) is 0 Å². The first-order valence-corrected chi connectivity index (χ1v) is 8.67. The van der Waals surface area contributed by atoms with E-state index in [1.807, 2.05) is 0 Å². The lowest BCUT2D eigenvalue weighted by Crippen LogP contribution is -2.49. The first kappa shape index (κ1) is 20.2. The molecule has 1 aromatic carbocycles. The Kier molecular flexibility index (Phi) is 7.16. The van der Waals surface area contributed by atoms with Gasteiger partial charge in [-0.25, -0.2) is 9.59 Å². The fourth-order valence-electron chi connectivity index (χ4n) is 2.73. The lowest BCUT2D eigenvalue weighted by Gasteiger charge is -2.31. The largest absolute Gasteiger partial charge is 0.465 e. The number of anilines is 1. The summed E-state index contributed by atoms with van der Waals surface area (Å²) in [5.41, 5.74) is 0.352. The number of amides is 3. The number of carbonyl (C=O) groups is 4. The van der Waals surface area contributed by atoms with E-state index in [4.69, 9.17) is 4.74 Å². The van der Waals surface area contributed by atoms with Crippen LogP contribution in [-0.4, -0.2) is 61.6 Å². The Balaban J connectivity index is 1.88. The van der Waals surface area contributed by atoms with Crippen LogP contribution in [-0.2, 0) is 19.1 Å². The summed E-state index contributed by atoms with van der Waals surface area (Å²) < 4.78 is 9.59. The number of hydrogen-bond donors (Lipinski definition) is 2. The monoisotopic (exact) mass is 377 g/mol. The van der Waals surface area contributed by atoms with Crippen molar-refractivity contribution < 1.29 is 28.7 Å². The van der Waals surface area contributed by atoms with Crippen molar-refractivity contribution >= 4 is 29.6 Å². The van der Waals surface area contributed by atoms with Gasteiger partial charge in [0.15, 0.2) is 0 Å². The molecular formula is C18H23N3O6. The van der Waals surface area contributed by atoms with Crippen LogP contribution in [0.1, 0.15) is 30.1 Å². The summed E-state index contributed by atoms with van der Waals surface area (Å²) in [6.07, 6.45) is 0.673. The molecule has 1 heterocycles. The molecule has 146 valence electrons. The van der Waals surface area contributed by atoms with E-state index in [0.29, 0.717) is 32.5 Å². The molecule has 1 saturated heterocycles. The van der Waals surface area contributed by atoms with E-state index in [2.05, 4.69) is 15.4 Å². The number of piperidine rings is 1. The number of ether oxygens (including phenoxy) is 2. The highest BCUT2D eigenvalue weighted by molar-refractivity contribution is 6.40. The molecule has 2 N–H and O–H groups in total. The van der Waals surface area contributed by atoms with Crippen LogP contribution in [0.25, 0.3) is 0 Å². The molecule has 0 unspecified atom stereocenters. The molecule has 0 saturated carbocycles. The smallest absolute Gasteiger partial charge is 0.409 e. The Morgan fingerprint density at radius 2 is 1.78 bits per heavy atom. The molecule has 1 aliphatic heterocycles. The van der Waals surface area contributed by atoms with Crippen LogP contribution in [0.2, 0.25) is 0 Å².